The monoisotopic (exact) mass is 289 g/mol. The van der Waals surface area contributed by atoms with Crippen molar-refractivity contribution in [1.82, 2.24) is 10.1 Å². The van der Waals surface area contributed by atoms with Gasteiger partial charge in [-0.1, -0.05) is 19.0 Å². The fourth-order valence-corrected chi connectivity index (χ4v) is 3.15. The van der Waals surface area contributed by atoms with E-state index >= 15 is 0 Å². The molecule has 21 heavy (non-hydrogen) atoms. The maximum atomic E-state index is 5.55. The van der Waals surface area contributed by atoms with Crippen LogP contribution >= 0.6 is 0 Å². The molecule has 2 N–H and O–H groups in total. The summed E-state index contributed by atoms with van der Waals surface area (Å²) in [6.07, 6.45) is 4.80. The summed E-state index contributed by atoms with van der Waals surface area (Å²) in [5, 5.41) is 4.14. The second-order valence-corrected chi connectivity index (χ2v) is 6.28. The molecule has 0 atom stereocenters. The first-order valence-electron chi connectivity index (χ1n) is 7.80. The van der Waals surface area contributed by atoms with Crippen molar-refractivity contribution in [3.63, 3.8) is 0 Å². The summed E-state index contributed by atoms with van der Waals surface area (Å²) in [6, 6.07) is 3.67. The molecule has 3 rings (SSSR count). The molecule has 5 heteroatoms. The summed E-state index contributed by atoms with van der Waals surface area (Å²) in [5.41, 5.74) is 5.54. The zero-order valence-corrected chi connectivity index (χ0v) is 12.7. The minimum atomic E-state index is 0.375. The van der Waals surface area contributed by atoms with Crippen molar-refractivity contribution in [2.24, 2.45) is 17.6 Å². The molecule has 0 unspecified atom stereocenters. The number of hydrogen-bond acceptors (Lipinski definition) is 5. The van der Waals surface area contributed by atoms with Gasteiger partial charge in [0.1, 0.15) is 5.76 Å². The van der Waals surface area contributed by atoms with Gasteiger partial charge in [0.25, 0.3) is 5.89 Å². The standard InChI is InChI=1S/C16H23N3O2/c1-10(2)11-3-5-12(6-4-11)15-18-16(21-19-15)14-8-7-13(9-17)20-14/h7-8,10-12H,3-6,9,17H2,1-2H3. The Balaban J connectivity index is 1.68. The minimum Gasteiger partial charge on any atom is -0.455 e. The Morgan fingerprint density at radius 3 is 2.62 bits per heavy atom. The molecule has 0 saturated heterocycles. The van der Waals surface area contributed by atoms with Crippen molar-refractivity contribution < 1.29 is 8.94 Å². The quantitative estimate of drug-likeness (QED) is 0.928. The van der Waals surface area contributed by atoms with Crippen molar-refractivity contribution >= 4 is 0 Å². The number of hydrogen-bond donors (Lipinski definition) is 1. The summed E-state index contributed by atoms with van der Waals surface area (Å²) in [6.45, 7) is 4.99. The minimum absolute atomic E-state index is 0.375. The van der Waals surface area contributed by atoms with Crippen LogP contribution < -0.4 is 5.73 Å². The van der Waals surface area contributed by atoms with E-state index in [-0.39, 0.29) is 0 Å². The summed E-state index contributed by atoms with van der Waals surface area (Å²) >= 11 is 0. The van der Waals surface area contributed by atoms with Crippen molar-refractivity contribution in [2.45, 2.75) is 52.0 Å². The fraction of sp³-hybridized carbons (Fsp3) is 0.625. The molecule has 0 aliphatic heterocycles. The molecule has 1 aliphatic carbocycles. The Bertz CT molecular complexity index is 580. The van der Waals surface area contributed by atoms with E-state index in [1.807, 2.05) is 12.1 Å². The molecule has 0 amide bonds. The van der Waals surface area contributed by atoms with Gasteiger partial charge in [-0.25, -0.2) is 0 Å². The second-order valence-electron chi connectivity index (χ2n) is 6.28. The van der Waals surface area contributed by atoms with E-state index in [0.717, 1.165) is 36.3 Å². The first-order valence-corrected chi connectivity index (χ1v) is 7.80. The van der Waals surface area contributed by atoms with Gasteiger partial charge < -0.3 is 14.7 Å². The Kier molecular flexibility index (Phi) is 4.10. The van der Waals surface area contributed by atoms with Gasteiger partial charge in [0.05, 0.1) is 6.54 Å². The van der Waals surface area contributed by atoms with Crippen LogP contribution in [0.3, 0.4) is 0 Å². The molecule has 2 aromatic heterocycles. The Labute approximate surface area is 124 Å². The van der Waals surface area contributed by atoms with Crippen LogP contribution in [0.5, 0.6) is 0 Å². The number of nitrogens with zero attached hydrogens (tertiary/aromatic N) is 2. The van der Waals surface area contributed by atoms with Crippen LogP contribution in [0.1, 0.15) is 57.0 Å². The van der Waals surface area contributed by atoms with E-state index in [2.05, 4.69) is 24.0 Å². The predicted octanol–water partition coefficient (Wildman–Crippen LogP) is 3.72. The van der Waals surface area contributed by atoms with Gasteiger partial charge in [0, 0.05) is 5.92 Å². The fourth-order valence-electron chi connectivity index (χ4n) is 3.15. The van der Waals surface area contributed by atoms with E-state index in [9.17, 15) is 0 Å². The first kappa shape index (κ1) is 14.3. The highest BCUT2D eigenvalue weighted by molar-refractivity contribution is 5.44. The lowest BCUT2D eigenvalue weighted by molar-refractivity contribution is 0.252. The molecule has 0 radical (unpaired) electrons. The topological polar surface area (TPSA) is 78.1 Å². The Morgan fingerprint density at radius 2 is 2.00 bits per heavy atom. The number of nitrogens with two attached hydrogens (primary N) is 1. The van der Waals surface area contributed by atoms with E-state index in [0.29, 0.717) is 24.1 Å². The van der Waals surface area contributed by atoms with E-state index in [4.69, 9.17) is 14.7 Å². The average molecular weight is 289 g/mol. The van der Waals surface area contributed by atoms with Crippen LogP contribution in [0.4, 0.5) is 0 Å². The van der Waals surface area contributed by atoms with Crippen molar-refractivity contribution in [2.75, 3.05) is 0 Å². The number of aromatic nitrogens is 2. The lowest BCUT2D eigenvalue weighted by Crippen LogP contribution is -2.18. The van der Waals surface area contributed by atoms with Crippen molar-refractivity contribution in [3.05, 3.63) is 23.7 Å². The molecule has 0 spiro atoms. The molecule has 0 bridgehead atoms. The third-order valence-electron chi connectivity index (χ3n) is 4.60. The largest absolute Gasteiger partial charge is 0.455 e. The maximum absolute atomic E-state index is 5.55. The normalized spacial score (nSPS) is 22.9. The molecule has 1 fully saturated rings. The SMILES string of the molecule is CC(C)C1CCC(c2noc(-c3ccc(CN)o3)n2)CC1. The smallest absolute Gasteiger partial charge is 0.293 e. The van der Waals surface area contributed by atoms with Crippen LogP contribution in [0.25, 0.3) is 11.7 Å². The van der Waals surface area contributed by atoms with Gasteiger partial charge in [0.15, 0.2) is 11.6 Å². The third kappa shape index (κ3) is 3.02. The summed E-state index contributed by atoms with van der Waals surface area (Å²) < 4.78 is 10.9. The summed E-state index contributed by atoms with van der Waals surface area (Å²) in [7, 11) is 0. The highest BCUT2D eigenvalue weighted by atomic mass is 16.5. The van der Waals surface area contributed by atoms with Gasteiger partial charge in [-0.3, -0.25) is 0 Å². The zero-order chi connectivity index (χ0) is 14.8. The van der Waals surface area contributed by atoms with Crippen LogP contribution in [-0.2, 0) is 6.54 Å². The Morgan fingerprint density at radius 1 is 1.24 bits per heavy atom. The van der Waals surface area contributed by atoms with Crippen LogP contribution in [0, 0.1) is 11.8 Å². The molecule has 1 saturated carbocycles. The average Bonchev–Trinajstić information content (AvgIpc) is 3.16. The maximum Gasteiger partial charge on any atom is 0.293 e. The van der Waals surface area contributed by atoms with E-state index < -0.39 is 0 Å². The summed E-state index contributed by atoms with van der Waals surface area (Å²) in [4.78, 5) is 4.51. The molecule has 2 aromatic rings. The van der Waals surface area contributed by atoms with Crippen LogP contribution in [-0.4, -0.2) is 10.1 Å². The third-order valence-corrected chi connectivity index (χ3v) is 4.60. The predicted molar refractivity (Wildman–Crippen MR) is 79.4 cm³/mol. The molecular weight excluding hydrogens is 266 g/mol. The van der Waals surface area contributed by atoms with Crippen molar-refractivity contribution in [1.29, 1.82) is 0 Å². The second kappa shape index (κ2) is 6.02. The van der Waals surface area contributed by atoms with Crippen molar-refractivity contribution in [3.8, 4) is 11.7 Å². The highest BCUT2D eigenvalue weighted by Gasteiger charge is 2.27. The highest BCUT2D eigenvalue weighted by Crippen LogP contribution is 2.38. The molecular formula is C16H23N3O2. The number of furan rings is 1. The van der Waals surface area contributed by atoms with Gasteiger partial charge in [-0.15, -0.1) is 0 Å². The molecule has 1 aliphatic rings. The molecule has 5 nitrogen and oxygen atoms in total. The first-order chi connectivity index (χ1) is 10.2. The van der Waals surface area contributed by atoms with Gasteiger partial charge in [-0.2, -0.15) is 4.98 Å². The van der Waals surface area contributed by atoms with Crippen LogP contribution in [0.2, 0.25) is 0 Å². The van der Waals surface area contributed by atoms with E-state index in [1.165, 1.54) is 12.8 Å². The lowest BCUT2D eigenvalue weighted by Gasteiger charge is -2.29. The number of rotatable bonds is 4. The lowest BCUT2D eigenvalue weighted by atomic mass is 9.77. The Hall–Kier alpha value is -1.62. The van der Waals surface area contributed by atoms with Gasteiger partial charge >= 0.3 is 0 Å². The molecule has 2 heterocycles. The molecule has 114 valence electrons. The molecule has 0 aromatic carbocycles. The van der Waals surface area contributed by atoms with Gasteiger partial charge in [0.2, 0.25) is 0 Å². The van der Waals surface area contributed by atoms with Crippen LogP contribution in [0.15, 0.2) is 21.1 Å². The van der Waals surface area contributed by atoms with Gasteiger partial charge in [-0.05, 0) is 49.7 Å². The van der Waals surface area contributed by atoms with E-state index in [1.54, 1.807) is 0 Å². The summed E-state index contributed by atoms with van der Waals surface area (Å²) in [5.74, 6) is 4.62. The zero-order valence-electron chi connectivity index (χ0n) is 12.7.